The zero-order valence-corrected chi connectivity index (χ0v) is 36.1. The van der Waals surface area contributed by atoms with Crippen molar-refractivity contribution in [3.63, 3.8) is 0 Å². The summed E-state index contributed by atoms with van der Waals surface area (Å²) >= 11 is 12.4. The summed E-state index contributed by atoms with van der Waals surface area (Å²) in [5, 5.41) is 14.4. The molecule has 0 spiro atoms. The first-order chi connectivity index (χ1) is 30.0. The van der Waals surface area contributed by atoms with Crippen LogP contribution in [0, 0.1) is 6.92 Å². The molecule has 6 rings (SSSR count). The number of ether oxygens (including phenoxy) is 1. The summed E-state index contributed by atoms with van der Waals surface area (Å²) in [4.78, 5) is 66.1. The second kappa shape index (κ2) is 20.9. The number of carbonyl (C=O) groups is 5. The van der Waals surface area contributed by atoms with Crippen LogP contribution < -0.4 is 15.4 Å². The number of aromatic nitrogens is 1. The molecule has 11 nitrogen and oxygen atoms in total. The van der Waals surface area contributed by atoms with Crippen LogP contribution in [-0.2, 0) is 12.4 Å². The van der Waals surface area contributed by atoms with Crippen LogP contribution in [0.1, 0.15) is 87.0 Å². The summed E-state index contributed by atoms with van der Waals surface area (Å²) in [6.45, 7) is 3.50. The predicted molar refractivity (Wildman–Crippen MR) is 226 cm³/mol. The largest absolute Gasteiger partial charge is 0.496 e. The Morgan fingerprint density at radius 1 is 0.828 bits per heavy atom. The Balaban J connectivity index is 0.000000302. The molecular formula is C45H40Cl2F6N4O7. The van der Waals surface area contributed by atoms with E-state index in [1.54, 1.807) is 24.3 Å². The van der Waals surface area contributed by atoms with Crippen molar-refractivity contribution >= 4 is 52.6 Å². The van der Waals surface area contributed by atoms with Gasteiger partial charge in [0.1, 0.15) is 17.0 Å². The van der Waals surface area contributed by atoms with Crippen molar-refractivity contribution in [2.45, 2.75) is 37.7 Å². The third kappa shape index (κ3) is 11.8. The summed E-state index contributed by atoms with van der Waals surface area (Å²) in [5.74, 6) is -4.02. The summed E-state index contributed by atoms with van der Waals surface area (Å²) < 4.78 is 82.7. The normalized spacial score (nSPS) is 15.7. The quantitative estimate of drug-likeness (QED) is 0.0969. The van der Waals surface area contributed by atoms with E-state index in [9.17, 15) is 50.3 Å². The lowest BCUT2D eigenvalue weighted by Crippen LogP contribution is -2.59. The Bertz CT molecular complexity index is 2540. The van der Waals surface area contributed by atoms with E-state index in [1.165, 1.54) is 80.6 Å². The number of carboxylic acids is 1. The minimum atomic E-state index is -4.77. The third-order valence-corrected chi connectivity index (χ3v) is 10.8. The van der Waals surface area contributed by atoms with E-state index in [0.717, 1.165) is 30.9 Å². The molecule has 2 heterocycles. The van der Waals surface area contributed by atoms with Gasteiger partial charge in [-0.3, -0.25) is 19.2 Å². The second-order valence-corrected chi connectivity index (χ2v) is 15.0. The molecule has 3 N–H and O–H groups in total. The monoisotopic (exact) mass is 932 g/mol. The van der Waals surface area contributed by atoms with Gasteiger partial charge in [-0.05, 0) is 85.6 Å². The highest BCUT2D eigenvalue weighted by Crippen LogP contribution is 2.42. The number of likely N-dealkylation sites (N-methyl/N-ethyl adjacent to an activating group) is 1. The maximum atomic E-state index is 14.3. The van der Waals surface area contributed by atoms with Gasteiger partial charge in [0.25, 0.3) is 11.8 Å². The SMILES string of the molecule is CNC(=O)c1cccc(C(F)(F)F)c1.COc1ccc(C(=O)N(C)[C@]2(C(=O)c3ccc(C(C)=O)cc3)CNC[C@H]2c2ccc(Cl)c(Cl)c2)cc1C(F)(F)F.Cc1ccnc(C(=O)O)c1. The smallest absolute Gasteiger partial charge is 0.419 e. The van der Waals surface area contributed by atoms with Gasteiger partial charge in [0.2, 0.25) is 0 Å². The lowest BCUT2D eigenvalue weighted by atomic mass is 9.75. The summed E-state index contributed by atoms with van der Waals surface area (Å²) in [5.41, 5.74) is -1.52. The highest BCUT2D eigenvalue weighted by molar-refractivity contribution is 6.42. The number of halogens is 8. The number of amides is 2. The second-order valence-electron chi connectivity index (χ2n) is 14.2. The first-order valence-electron chi connectivity index (χ1n) is 18.9. The van der Waals surface area contributed by atoms with E-state index in [2.05, 4.69) is 15.6 Å². The molecule has 0 aliphatic carbocycles. The summed E-state index contributed by atoms with van der Waals surface area (Å²) in [7, 11) is 3.86. The van der Waals surface area contributed by atoms with Crippen LogP contribution in [0.3, 0.4) is 0 Å². The zero-order chi connectivity index (χ0) is 47.7. The molecule has 1 fully saturated rings. The maximum absolute atomic E-state index is 14.3. The van der Waals surface area contributed by atoms with Gasteiger partial charge in [-0.15, -0.1) is 0 Å². The van der Waals surface area contributed by atoms with Crippen molar-refractivity contribution in [1.29, 1.82) is 0 Å². The Morgan fingerprint density at radius 2 is 1.47 bits per heavy atom. The molecule has 1 aliphatic rings. The van der Waals surface area contributed by atoms with Crippen LogP contribution >= 0.6 is 23.2 Å². The average molecular weight is 934 g/mol. The van der Waals surface area contributed by atoms with Gasteiger partial charge in [0.05, 0.1) is 28.3 Å². The molecule has 1 aromatic heterocycles. The van der Waals surface area contributed by atoms with Crippen LogP contribution in [0.25, 0.3) is 0 Å². The van der Waals surface area contributed by atoms with Gasteiger partial charge < -0.3 is 25.4 Å². The fourth-order valence-corrected chi connectivity index (χ4v) is 7.05. The minimum Gasteiger partial charge on any atom is -0.496 e. The molecule has 19 heteroatoms. The van der Waals surface area contributed by atoms with Crippen LogP contribution in [-0.4, -0.2) is 84.2 Å². The number of carbonyl (C=O) groups excluding carboxylic acids is 4. The molecule has 5 aromatic rings. The number of carboxylic acid groups (broad SMARTS) is 1. The van der Waals surface area contributed by atoms with Gasteiger partial charge in [-0.25, -0.2) is 9.78 Å². The van der Waals surface area contributed by atoms with E-state index >= 15 is 0 Å². The number of Topliss-reactive ketones (excluding diaryl/α,β-unsaturated/α-hetero) is 2. The van der Waals surface area contributed by atoms with E-state index in [1.807, 2.05) is 6.92 Å². The lowest BCUT2D eigenvalue weighted by molar-refractivity contribution is -0.139. The first kappa shape index (κ1) is 50.3. The number of methoxy groups -OCH3 is 1. The van der Waals surface area contributed by atoms with Crippen molar-refractivity contribution in [3.8, 4) is 5.75 Å². The molecule has 338 valence electrons. The van der Waals surface area contributed by atoms with E-state index in [0.29, 0.717) is 22.2 Å². The zero-order valence-electron chi connectivity index (χ0n) is 34.6. The average Bonchev–Trinajstić information content (AvgIpc) is 3.72. The fourth-order valence-electron chi connectivity index (χ4n) is 6.74. The Hall–Kier alpha value is -6.30. The Labute approximate surface area is 373 Å². The van der Waals surface area contributed by atoms with Crippen LogP contribution in [0.5, 0.6) is 5.75 Å². The number of pyridine rings is 1. The topological polar surface area (TPSA) is 155 Å². The number of hydrogen-bond acceptors (Lipinski definition) is 8. The number of alkyl halides is 6. The summed E-state index contributed by atoms with van der Waals surface area (Å²) in [6, 6.07) is 21.5. The van der Waals surface area contributed by atoms with Gasteiger partial charge in [-0.2, -0.15) is 26.3 Å². The highest BCUT2D eigenvalue weighted by Gasteiger charge is 2.54. The first-order valence-corrected chi connectivity index (χ1v) is 19.6. The number of hydrogen-bond donors (Lipinski definition) is 3. The number of benzene rings is 4. The maximum Gasteiger partial charge on any atom is 0.419 e. The molecule has 64 heavy (non-hydrogen) atoms. The van der Waals surface area contributed by atoms with Crippen molar-refractivity contribution in [2.24, 2.45) is 0 Å². The third-order valence-electron chi connectivity index (χ3n) is 10.1. The van der Waals surface area contributed by atoms with Crippen molar-refractivity contribution < 1.29 is 60.2 Å². The van der Waals surface area contributed by atoms with E-state index < -0.39 is 64.3 Å². The van der Waals surface area contributed by atoms with Gasteiger partial charge in [0.15, 0.2) is 11.6 Å². The highest BCUT2D eigenvalue weighted by atomic mass is 35.5. The molecular weight excluding hydrogens is 893 g/mol. The number of aryl methyl sites for hydroxylation is 1. The molecule has 0 radical (unpaired) electrons. The van der Waals surface area contributed by atoms with Crippen molar-refractivity contribution in [1.82, 2.24) is 20.5 Å². The minimum absolute atomic E-state index is 0.00215. The van der Waals surface area contributed by atoms with Crippen molar-refractivity contribution in [3.05, 3.63) is 164 Å². The number of nitrogens with zero attached hydrogens (tertiary/aromatic N) is 2. The lowest BCUT2D eigenvalue weighted by Gasteiger charge is -2.42. The Morgan fingerprint density at radius 3 is 2.00 bits per heavy atom. The molecule has 2 amide bonds. The Kier molecular flexibility index (Phi) is 16.5. The molecule has 2 atom stereocenters. The number of ketones is 2. The van der Waals surface area contributed by atoms with Crippen LogP contribution in [0.15, 0.2) is 103 Å². The fraction of sp³-hybridized carbons (Fsp3) is 0.244. The number of rotatable bonds is 9. The van der Waals surface area contributed by atoms with Gasteiger partial charge in [0, 0.05) is 61.6 Å². The van der Waals surface area contributed by atoms with Crippen molar-refractivity contribution in [2.75, 3.05) is 34.3 Å². The molecule has 1 aliphatic heterocycles. The van der Waals surface area contributed by atoms with Gasteiger partial charge in [-0.1, -0.05) is 59.6 Å². The van der Waals surface area contributed by atoms with E-state index in [-0.39, 0.29) is 46.3 Å². The summed E-state index contributed by atoms with van der Waals surface area (Å²) in [6.07, 6.45) is -7.70. The van der Waals surface area contributed by atoms with E-state index in [4.69, 9.17) is 33.0 Å². The predicted octanol–water partition coefficient (Wildman–Crippen LogP) is 9.46. The standard InChI is InChI=1S/C29H25Cl2F3N2O4.C9H8F3NO.C7H7NO2/c1-16(37)17-4-6-18(7-5-17)26(38)28(15-35-14-22(28)19-8-10-23(30)24(31)13-19)36(2)27(39)20-9-11-25(40-3)21(12-20)29(32,33)34;1-13-8(14)6-3-2-4-7(5-6)9(10,11)12;1-5-2-3-8-6(4-5)7(9)10/h4-13,22,35H,14-15H2,1-3H3;2-5H,1H3,(H,13,14);2-4H,1H3,(H,9,10)/t22-,28+;;/m0../s1. The number of aromatic carboxylic acids is 1. The molecule has 0 saturated carbocycles. The van der Waals surface area contributed by atoms with Gasteiger partial charge >= 0.3 is 18.3 Å². The molecule has 0 unspecified atom stereocenters. The molecule has 4 aromatic carbocycles. The van der Waals surface area contributed by atoms with Crippen LogP contribution in [0.4, 0.5) is 26.3 Å². The molecule has 1 saturated heterocycles. The van der Waals surface area contributed by atoms with Crippen LogP contribution in [0.2, 0.25) is 10.0 Å². The molecule has 0 bridgehead atoms. The number of nitrogens with one attached hydrogen (secondary N) is 2.